The van der Waals surface area contributed by atoms with Crippen molar-refractivity contribution < 1.29 is 9.72 Å². The van der Waals surface area contributed by atoms with Crippen molar-refractivity contribution in [2.75, 3.05) is 18.0 Å². The molecule has 1 aliphatic heterocycles. The lowest BCUT2D eigenvalue weighted by molar-refractivity contribution is -0.384. The van der Waals surface area contributed by atoms with Crippen LogP contribution in [0.15, 0.2) is 18.2 Å². The monoisotopic (exact) mass is 274 g/mol. The lowest BCUT2D eigenvalue weighted by atomic mass is 9.96. The molecule has 7 nitrogen and oxygen atoms in total. The topological polar surface area (TPSA) is 113 Å². The Bertz CT molecular complexity index is 594. The number of nitrogens with zero attached hydrogens (tertiary/aromatic N) is 3. The fourth-order valence-electron chi connectivity index (χ4n) is 2.43. The zero-order valence-corrected chi connectivity index (χ0v) is 10.8. The molecule has 1 saturated heterocycles. The number of hydrogen-bond donors (Lipinski definition) is 1. The molecule has 1 aromatic rings. The highest BCUT2D eigenvalue weighted by Crippen LogP contribution is 2.32. The average molecular weight is 274 g/mol. The third kappa shape index (κ3) is 2.69. The maximum absolute atomic E-state index is 11.3. The van der Waals surface area contributed by atoms with Crippen molar-refractivity contribution in [3.05, 3.63) is 33.9 Å². The lowest BCUT2D eigenvalue weighted by Gasteiger charge is -2.32. The van der Waals surface area contributed by atoms with E-state index in [1.54, 1.807) is 11.0 Å². The van der Waals surface area contributed by atoms with Crippen molar-refractivity contribution in [1.29, 1.82) is 5.26 Å². The fourth-order valence-corrected chi connectivity index (χ4v) is 2.43. The minimum Gasteiger partial charge on any atom is -0.369 e. The van der Waals surface area contributed by atoms with Gasteiger partial charge >= 0.3 is 0 Å². The van der Waals surface area contributed by atoms with E-state index in [2.05, 4.69) is 0 Å². The smallest absolute Gasteiger partial charge is 0.293 e. The summed E-state index contributed by atoms with van der Waals surface area (Å²) in [5, 5.41) is 19.9. The second-order valence-corrected chi connectivity index (χ2v) is 4.76. The number of nitro groups is 1. The normalized spacial score (nSPS) is 18.4. The second kappa shape index (κ2) is 5.57. The molecule has 104 valence electrons. The molecule has 20 heavy (non-hydrogen) atoms. The third-order valence-corrected chi connectivity index (χ3v) is 3.47. The predicted octanol–water partition coefficient (Wildman–Crippen LogP) is 1.17. The minimum absolute atomic E-state index is 0.117. The van der Waals surface area contributed by atoms with Gasteiger partial charge in [0.05, 0.1) is 22.5 Å². The number of benzene rings is 1. The van der Waals surface area contributed by atoms with Crippen LogP contribution in [0.2, 0.25) is 0 Å². The van der Waals surface area contributed by atoms with E-state index in [1.165, 1.54) is 12.1 Å². The quantitative estimate of drug-likeness (QED) is 0.656. The molecule has 0 spiro atoms. The molecule has 1 aliphatic rings. The van der Waals surface area contributed by atoms with Gasteiger partial charge in [-0.3, -0.25) is 14.9 Å². The van der Waals surface area contributed by atoms with Gasteiger partial charge in [0.1, 0.15) is 5.69 Å². The van der Waals surface area contributed by atoms with Gasteiger partial charge in [-0.15, -0.1) is 0 Å². The van der Waals surface area contributed by atoms with Gasteiger partial charge in [0.15, 0.2) is 0 Å². The predicted molar refractivity (Wildman–Crippen MR) is 71.9 cm³/mol. The maximum Gasteiger partial charge on any atom is 0.293 e. The van der Waals surface area contributed by atoms with Gasteiger partial charge in [-0.1, -0.05) is 0 Å². The van der Waals surface area contributed by atoms with Crippen molar-refractivity contribution in [2.24, 2.45) is 11.7 Å². The van der Waals surface area contributed by atoms with E-state index < -0.39 is 4.92 Å². The van der Waals surface area contributed by atoms with Gasteiger partial charge in [-0.05, 0) is 25.0 Å². The number of nitriles is 1. The Morgan fingerprint density at radius 3 is 2.90 bits per heavy atom. The second-order valence-electron chi connectivity index (χ2n) is 4.76. The molecule has 0 saturated carbocycles. The van der Waals surface area contributed by atoms with E-state index in [0.717, 1.165) is 6.42 Å². The summed E-state index contributed by atoms with van der Waals surface area (Å²) in [5.41, 5.74) is 5.86. The van der Waals surface area contributed by atoms with Crippen LogP contribution in [0.3, 0.4) is 0 Å². The number of amides is 1. The van der Waals surface area contributed by atoms with Crippen LogP contribution in [-0.2, 0) is 4.79 Å². The Kier molecular flexibility index (Phi) is 3.84. The molecule has 2 rings (SSSR count). The molecule has 2 N–H and O–H groups in total. The van der Waals surface area contributed by atoms with E-state index >= 15 is 0 Å². The SMILES string of the molecule is N#Cc1ccc(N2CCCC(C(N)=O)C2)c([N+](=O)[O-])c1. The van der Waals surface area contributed by atoms with Gasteiger partial charge in [-0.25, -0.2) is 0 Å². The van der Waals surface area contributed by atoms with Crippen LogP contribution >= 0.6 is 0 Å². The molecular formula is C13H14N4O3. The van der Waals surface area contributed by atoms with Crippen molar-refractivity contribution in [3.63, 3.8) is 0 Å². The molecule has 7 heteroatoms. The first-order valence-electron chi connectivity index (χ1n) is 6.25. The van der Waals surface area contributed by atoms with Gasteiger partial charge < -0.3 is 10.6 Å². The fraction of sp³-hybridized carbons (Fsp3) is 0.385. The summed E-state index contributed by atoms with van der Waals surface area (Å²) in [6.45, 7) is 1.01. The van der Waals surface area contributed by atoms with Crippen LogP contribution in [0.4, 0.5) is 11.4 Å². The Labute approximate surface area is 115 Å². The van der Waals surface area contributed by atoms with Gasteiger partial charge in [-0.2, -0.15) is 5.26 Å². The van der Waals surface area contributed by atoms with Gasteiger partial charge in [0.2, 0.25) is 5.91 Å². The Balaban J connectivity index is 2.34. The number of nitrogens with two attached hydrogens (primary N) is 1. The van der Waals surface area contributed by atoms with E-state index in [9.17, 15) is 14.9 Å². The summed E-state index contributed by atoms with van der Waals surface area (Å²) in [5.74, 6) is -0.676. The van der Waals surface area contributed by atoms with E-state index in [-0.39, 0.29) is 23.1 Å². The molecule has 0 aromatic heterocycles. The van der Waals surface area contributed by atoms with Crippen LogP contribution < -0.4 is 10.6 Å². The maximum atomic E-state index is 11.3. The highest BCUT2D eigenvalue weighted by atomic mass is 16.6. The van der Waals surface area contributed by atoms with Crippen LogP contribution in [0, 0.1) is 27.4 Å². The molecule has 1 unspecified atom stereocenters. The zero-order chi connectivity index (χ0) is 14.7. The molecule has 1 amide bonds. The highest BCUT2D eigenvalue weighted by molar-refractivity contribution is 5.78. The van der Waals surface area contributed by atoms with Crippen LogP contribution in [0.25, 0.3) is 0 Å². The molecular weight excluding hydrogens is 260 g/mol. The van der Waals surface area contributed by atoms with E-state index in [1.807, 2.05) is 6.07 Å². The number of hydrogen-bond acceptors (Lipinski definition) is 5. The first kappa shape index (κ1) is 13.8. The van der Waals surface area contributed by atoms with Crippen molar-refractivity contribution in [1.82, 2.24) is 0 Å². The van der Waals surface area contributed by atoms with Gasteiger partial charge in [0.25, 0.3) is 5.69 Å². The molecule has 1 fully saturated rings. The summed E-state index contributed by atoms with van der Waals surface area (Å²) in [6.07, 6.45) is 1.46. The lowest BCUT2D eigenvalue weighted by Crippen LogP contribution is -2.41. The summed E-state index contributed by atoms with van der Waals surface area (Å²) in [7, 11) is 0. The Morgan fingerprint density at radius 1 is 1.55 bits per heavy atom. The Hall–Kier alpha value is -2.62. The number of carbonyl (C=O) groups excluding carboxylic acids is 1. The van der Waals surface area contributed by atoms with Crippen molar-refractivity contribution in [3.8, 4) is 6.07 Å². The number of primary amides is 1. The highest BCUT2D eigenvalue weighted by Gasteiger charge is 2.28. The Morgan fingerprint density at radius 2 is 2.30 bits per heavy atom. The number of piperidine rings is 1. The summed E-state index contributed by atoms with van der Waals surface area (Å²) < 4.78 is 0. The largest absolute Gasteiger partial charge is 0.369 e. The molecule has 0 bridgehead atoms. The van der Waals surface area contributed by atoms with E-state index in [4.69, 9.17) is 11.0 Å². The standard InChI is InChI=1S/C13H14N4O3/c14-7-9-3-4-11(12(6-9)17(19)20)16-5-1-2-10(8-16)13(15)18/h3-4,6,10H,1-2,5,8H2,(H2,15,18). The summed E-state index contributed by atoms with van der Waals surface area (Å²) in [4.78, 5) is 23.7. The first-order valence-corrected chi connectivity index (χ1v) is 6.25. The number of anilines is 1. The molecule has 1 aromatic carbocycles. The molecule has 0 aliphatic carbocycles. The summed E-state index contributed by atoms with van der Waals surface area (Å²) >= 11 is 0. The third-order valence-electron chi connectivity index (χ3n) is 3.47. The molecule has 1 atom stereocenters. The average Bonchev–Trinajstić information content (AvgIpc) is 2.46. The van der Waals surface area contributed by atoms with Gasteiger partial charge in [0, 0.05) is 19.2 Å². The van der Waals surface area contributed by atoms with Crippen LogP contribution in [0.1, 0.15) is 18.4 Å². The molecule has 1 heterocycles. The number of rotatable bonds is 3. The summed E-state index contributed by atoms with van der Waals surface area (Å²) in [6, 6.07) is 6.23. The zero-order valence-electron chi connectivity index (χ0n) is 10.8. The van der Waals surface area contributed by atoms with Crippen molar-refractivity contribution >= 4 is 17.3 Å². The van der Waals surface area contributed by atoms with Crippen LogP contribution in [-0.4, -0.2) is 23.9 Å². The molecule has 0 radical (unpaired) electrons. The first-order chi connectivity index (χ1) is 9.52. The minimum atomic E-state index is -0.510. The van der Waals surface area contributed by atoms with Crippen molar-refractivity contribution in [2.45, 2.75) is 12.8 Å². The van der Waals surface area contributed by atoms with E-state index in [0.29, 0.717) is 25.2 Å². The number of carbonyl (C=O) groups is 1. The van der Waals surface area contributed by atoms with Crippen LogP contribution in [0.5, 0.6) is 0 Å². The number of nitro benzene ring substituents is 1.